The van der Waals surface area contributed by atoms with E-state index in [1.54, 1.807) is 12.1 Å². The highest BCUT2D eigenvalue weighted by molar-refractivity contribution is 9.10. The zero-order valence-electron chi connectivity index (χ0n) is 14.9. The molecule has 28 heavy (non-hydrogen) atoms. The fourth-order valence-electron chi connectivity index (χ4n) is 2.34. The minimum atomic E-state index is -3.79. The van der Waals surface area contributed by atoms with Crippen LogP contribution in [0.15, 0.2) is 57.9 Å². The maximum atomic E-state index is 12.7. The van der Waals surface area contributed by atoms with Crippen molar-refractivity contribution in [3.63, 3.8) is 0 Å². The Hall–Kier alpha value is -2.04. The van der Waals surface area contributed by atoms with Crippen LogP contribution in [0.25, 0.3) is 0 Å². The second-order valence-electron chi connectivity index (χ2n) is 5.77. The third kappa shape index (κ3) is 6.25. The van der Waals surface area contributed by atoms with Crippen LogP contribution in [0.5, 0.6) is 0 Å². The van der Waals surface area contributed by atoms with Crippen molar-refractivity contribution in [1.29, 1.82) is 0 Å². The lowest BCUT2D eigenvalue weighted by Crippen LogP contribution is -2.37. The highest BCUT2D eigenvalue weighted by Crippen LogP contribution is 2.19. The molecule has 1 N–H and O–H groups in total. The van der Waals surface area contributed by atoms with E-state index in [0.29, 0.717) is 0 Å². The molecule has 0 aromatic heterocycles. The molecule has 0 saturated carbocycles. The summed E-state index contributed by atoms with van der Waals surface area (Å²) in [4.78, 5) is 13.5. The average Bonchev–Trinajstić information content (AvgIpc) is 2.65. The number of halogens is 3. The van der Waals surface area contributed by atoms with Gasteiger partial charge in [0.2, 0.25) is 0 Å². The number of nitrogens with one attached hydrogen (secondary N) is 1. The van der Waals surface area contributed by atoms with Crippen LogP contribution in [-0.4, -0.2) is 52.5 Å². The molecule has 1 amide bonds. The van der Waals surface area contributed by atoms with Crippen LogP contribution in [0.3, 0.4) is 0 Å². The number of anilines is 1. The monoisotopic (exact) mass is 476 g/mol. The first-order valence-electron chi connectivity index (χ1n) is 8.18. The van der Waals surface area contributed by atoms with Crippen LogP contribution in [0, 0.1) is 0 Å². The molecular weight excluding hydrogens is 458 g/mol. The van der Waals surface area contributed by atoms with Gasteiger partial charge in [-0.3, -0.25) is 9.52 Å². The lowest BCUT2D eigenvalue weighted by molar-refractivity contribution is 0.0478. The van der Waals surface area contributed by atoms with E-state index in [9.17, 15) is 22.0 Å². The number of amides is 1. The molecule has 0 unspecified atom stereocenters. The number of alkyl halides is 2. The van der Waals surface area contributed by atoms with E-state index < -0.39 is 28.9 Å². The molecule has 2 rings (SSSR count). The molecule has 0 aliphatic rings. The molecule has 2 aromatic carbocycles. The number of sulfonamides is 1. The van der Waals surface area contributed by atoms with Crippen molar-refractivity contribution in [2.24, 2.45) is 0 Å². The molecule has 0 radical (unpaired) electrons. The summed E-state index contributed by atoms with van der Waals surface area (Å²) in [5.41, 5.74) is 0.417. The van der Waals surface area contributed by atoms with Gasteiger partial charge >= 0.3 is 0 Å². The topological polar surface area (TPSA) is 75.7 Å². The zero-order valence-corrected chi connectivity index (χ0v) is 17.3. The van der Waals surface area contributed by atoms with Crippen molar-refractivity contribution in [1.82, 2.24) is 4.90 Å². The Morgan fingerprint density at radius 1 is 1.14 bits per heavy atom. The molecule has 0 aliphatic carbocycles. The molecule has 152 valence electrons. The molecule has 2 aromatic rings. The largest absolute Gasteiger partial charge is 0.383 e. The van der Waals surface area contributed by atoms with E-state index in [-0.39, 0.29) is 29.3 Å². The van der Waals surface area contributed by atoms with Gasteiger partial charge in [-0.05, 0) is 48.5 Å². The Balaban J connectivity index is 2.13. The van der Waals surface area contributed by atoms with E-state index >= 15 is 0 Å². The van der Waals surface area contributed by atoms with Gasteiger partial charge in [-0.15, -0.1) is 0 Å². The zero-order chi connectivity index (χ0) is 20.7. The number of methoxy groups -OCH3 is 1. The predicted octanol–water partition coefficient (Wildman–Crippen LogP) is 3.60. The minimum Gasteiger partial charge on any atom is -0.383 e. The Morgan fingerprint density at radius 2 is 1.75 bits per heavy atom. The van der Waals surface area contributed by atoms with E-state index in [1.165, 1.54) is 43.5 Å². The lowest BCUT2D eigenvalue weighted by Gasteiger charge is -2.22. The summed E-state index contributed by atoms with van der Waals surface area (Å²) in [5, 5.41) is 0. The molecule has 0 spiro atoms. The van der Waals surface area contributed by atoms with Gasteiger partial charge in [-0.1, -0.05) is 15.9 Å². The second kappa shape index (κ2) is 9.94. The standard InChI is InChI=1S/C18H19BrF2N2O4S/c1-27-11-10-23(12-17(20)21)18(24)13-2-6-15(7-3-13)22-28(25,26)16-8-4-14(19)5-9-16/h2-9,17,22H,10-12H2,1H3. The van der Waals surface area contributed by atoms with Crippen molar-refractivity contribution in [2.75, 3.05) is 31.5 Å². The van der Waals surface area contributed by atoms with Crippen molar-refractivity contribution in [3.8, 4) is 0 Å². The van der Waals surface area contributed by atoms with Crippen molar-refractivity contribution in [3.05, 3.63) is 58.6 Å². The molecule has 0 atom stereocenters. The number of nitrogens with zero attached hydrogens (tertiary/aromatic N) is 1. The Morgan fingerprint density at radius 3 is 2.29 bits per heavy atom. The van der Waals surface area contributed by atoms with Gasteiger partial charge in [-0.25, -0.2) is 17.2 Å². The molecule has 0 aliphatic heterocycles. The summed E-state index contributed by atoms with van der Waals surface area (Å²) >= 11 is 3.24. The molecule has 0 bridgehead atoms. The fraction of sp³-hybridized carbons (Fsp3) is 0.278. The SMILES string of the molecule is COCCN(CC(F)F)C(=O)c1ccc(NS(=O)(=O)c2ccc(Br)cc2)cc1. The van der Waals surface area contributed by atoms with Crippen LogP contribution in [0.2, 0.25) is 0 Å². The third-order valence-electron chi connectivity index (χ3n) is 3.72. The smallest absolute Gasteiger partial charge is 0.261 e. The van der Waals surface area contributed by atoms with E-state index in [4.69, 9.17) is 4.74 Å². The number of rotatable bonds is 9. The second-order valence-corrected chi connectivity index (χ2v) is 8.37. The highest BCUT2D eigenvalue weighted by Gasteiger charge is 2.20. The number of ether oxygens (including phenoxy) is 1. The van der Waals surface area contributed by atoms with Gasteiger partial charge < -0.3 is 9.64 Å². The number of hydrogen-bond acceptors (Lipinski definition) is 4. The Bertz CT molecular complexity index is 891. The van der Waals surface area contributed by atoms with Crippen LogP contribution >= 0.6 is 15.9 Å². The Kier molecular flexibility index (Phi) is 7.90. The maximum absolute atomic E-state index is 12.7. The van der Waals surface area contributed by atoms with E-state index in [1.807, 2.05) is 0 Å². The highest BCUT2D eigenvalue weighted by atomic mass is 79.9. The van der Waals surface area contributed by atoms with Gasteiger partial charge in [-0.2, -0.15) is 0 Å². The summed E-state index contributed by atoms with van der Waals surface area (Å²) in [7, 11) is -2.38. The quantitative estimate of drug-likeness (QED) is 0.599. The minimum absolute atomic E-state index is 0.0254. The van der Waals surface area contributed by atoms with Crippen LogP contribution in [-0.2, 0) is 14.8 Å². The molecule has 0 saturated heterocycles. The molecule has 10 heteroatoms. The fourth-order valence-corrected chi connectivity index (χ4v) is 3.66. The van der Waals surface area contributed by atoms with E-state index in [2.05, 4.69) is 20.7 Å². The normalized spacial score (nSPS) is 11.5. The first-order chi connectivity index (χ1) is 13.2. The third-order valence-corrected chi connectivity index (χ3v) is 5.64. The number of benzene rings is 2. The molecule has 6 nitrogen and oxygen atoms in total. The van der Waals surface area contributed by atoms with Gasteiger partial charge in [0.15, 0.2) is 0 Å². The first-order valence-corrected chi connectivity index (χ1v) is 10.5. The predicted molar refractivity (Wildman–Crippen MR) is 105 cm³/mol. The first kappa shape index (κ1) is 22.3. The van der Waals surface area contributed by atoms with Crippen LogP contribution in [0.1, 0.15) is 10.4 Å². The summed E-state index contributed by atoms with van der Waals surface area (Å²) in [6.45, 7) is -0.554. The van der Waals surface area contributed by atoms with Crippen molar-refractivity contribution < 1.29 is 26.7 Å². The summed E-state index contributed by atoms with van der Waals surface area (Å²) in [6.07, 6.45) is -2.67. The molecule has 0 heterocycles. The summed E-state index contributed by atoms with van der Waals surface area (Å²) in [6, 6.07) is 11.7. The van der Waals surface area contributed by atoms with Gasteiger partial charge in [0.1, 0.15) is 0 Å². The van der Waals surface area contributed by atoms with Gasteiger partial charge in [0, 0.05) is 29.4 Å². The number of hydrogen-bond donors (Lipinski definition) is 1. The van der Waals surface area contributed by atoms with Crippen LogP contribution in [0.4, 0.5) is 14.5 Å². The average molecular weight is 477 g/mol. The van der Waals surface area contributed by atoms with E-state index in [0.717, 1.165) is 9.37 Å². The number of carbonyl (C=O) groups is 1. The van der Waals surface area contributed by atoms with Crippen LogP contribution < -0.4 is 4.72 Å². The lowest BCUT2D eigenvalue weighted by atomic mass is 10.2. The number of carbonyl (C=O) groups excluding carboxylic acids is 1. The van der Waals surface area contributed by atoms with Gasteiger partial charge in [0.05, 0.1) is 18.0 Å². The van der Waals surface area contributed by atoms with Gasteiger partial charge in [0.25, 0.3) is 22.4 Å². The van der Waals surface area contributed by atoms with Crippen molar-refractivity contribution >= 4 is 37.5 Å². The maximum Gasteiger partial charge on any atom is 0.261 e. The molecular formula is C18H19BrF2N2O4S. The molecule has 0 fully saturated rings. The summed E-state index contributed by atoms with van der Waals surface area (Å²) in [5.74, 6) is -0.584. The van der Waals surface area contributed by atoms with Crippen molar-refractivity contribution in [2.45, 2.75) is 11.3 Å². The Labute approximate surface area is 170 Å². The summed E-state index contributed by atoms with van der Waals surface area (Å²) < 4.78 is 58.2.